The molecule has 0 saturated carbocycles. The molecule has 2 aromatic rings. The van der Waals surface area contributed by atoms with Crippen LogP contribution in [0.25, 0.3) is 0 Å². The Bertz CT molecular complexity index is 721. The second kappa shape index (κ2) is 9.20. The molecule has 1 fully saturated rings. The van der Waals surface area contributed by atoms with Crippen LogP contribution >= 0.6 is 11.6 Å². The van der Waals surface area contributed by atoms with Crippen molar-refractivity contribution in [2.24, 2.45) is 0 Å². The van der Waals surface area contributed by atoms with Gasteiger partial charge in [-0.3, -0.25) is 9.69 Å². The number of likely N-dealkylation sites (tertiary alicyclic amines) is 1. The summed E-state index contributed by atoms with van der Waals surface area (Å²) in [6.07, 6.45) is 5.04. The molecular weight excluding hydrogens is 344 g/mol. The highest BCUT2D eigenvalue weighted by Crippen LogP contribution is 2.24. The Morgan fingerprint density at radius 3 is 2.35 bits per heavy atom. The van der Waals surface area contributed by atoms with Crippen LogP contribution in [-0.4, -0.2) is 30.4 Å². The van der Waals surface area contributed by atoms with E-state index in [0.717, 1.165) is 13.1 Å². The maximum atomic E-state index is 12.6. The van der Waals surface area contributed by atoms with Crippen LogP contribution < -0.4 is 5.32 Å². The second-order valence-corrected chi connectivity index (χ2v) is 7.47. The quantitative estimate of drug-likeness (QED) is 0.803. The minimum absolute atomic E-state index is 0.109. The summed E-state index contributed by atoms with van der Waals surface area (Å²) in [4.78, 5) is 15.1. The van der Waals surface area contributed by atoms with E-state index < -0.39 is 0 Å². The molecule has 1 N–H and O–H groups in total. The van der Waals surface area contributed by atoms with Crippen molar-refractivity contribution in [3.05, 3.63) is 70.2 Å². The normalized spacial score (nSPS) is 16.7. The first-order valence-electron chi connectivity index (χ1n) is 9.48. The first kappa shape index (κ1) is 18.9. The molecule has 0 bridgehead atoms. The van der Waals surface area contributed by atoms with Crippen molar-refractivity contribution >= 4 is 17.5 Å². The van der Waals surface area contributed by atoms with E-state index in [-0.39, 0.29) is 11.9 Å². The van der Waals surface area contributed by atoms with Gasteiger partial charge in [-0.1, -0.05) is 66.4 Å². The van der Waals surface area contributed by atoms with Crippen LogP contribution in [-0.2, 0) is 0 Å². The number of amides is 1. The lowest BCUT2D eigenvalue weighted by Gasteiger charge is -2.31. The highest BCUT2D eigenvalue weighted by Gasteiger charge is 2.22. The van der Waals surface area contributed by atoms with Crippen molar-refractivity contribution in [1.29, 1.82) is 0 Å². The van der Waals surface area contributed by atoms with Gasteiger partial charge in [-0.25, -0.2) is 0 Å². The fourth-order valence-electron chi connectivity index (χ4n) is 3.58. The third-order valence-electron chi connectivity index (χ3n) is 5.12. The first-order valence-corrected chi connectivity index (χ1v) is 9.86. The van der Waals surface area contributed by atoms with Crippen LogP contribution in [0, 0.1) is 6.92 Å². The van der Waals surface area contributed by atoms with Gasteiger partial charge in [0.05, 0.1) is 16.6 Å². The third-order valence-corrected chi connectivity index (χ3v) is 5.45. The van der Waals surface area contributed by atoms with Crippen molar-refractivity contribution in [3.8, 4) is 0 Å². The number of benzene rings is 2. The lowest BCUT2D eigenvalue weighted by molar-refractivity contribution is 0.0933. The second-order valence-electron chi connectivity index (χ2n) is 7.07. The zero-order valence-electron chi connectivity index (χ0n) is 15.4. The number of carbonyl (C=O) groups excluding carboxylic acids is 1. The monoisotopic (exact) mass is 370 g/mol. The average Bonchev–Trinajstić information content (AvgIpc) is 2.93. The van der Waals surface area contributed by atoms with Crippen LogP contribution in [0.2, 0.25) is 5.02 Å². The summed E-state index contributed by atoms with van der Waals surface area (Å²) >= 11 is 6.17. The summed E-state index contributed by atoms with van der Waals surface area (Å²) in [5, 5.41) is 3.60. The Morgan fingerprint density at radius 2 is 1.69 bits per heavy atom. The standard InChI is InChI=1S/C22H27ClN2O/c1-17-10-12-18(13-11-17)21(25-14-6-2-3-7-15-25)16-24-22(26)19-8-4-5-9-20(19)23/h4-5,8-13,21H,2-3,6-7,14-16H2,1H3,(H,24,26)/t21-/m1/s1. The van der Waals surface area contributed by atoms with E-state index in [1.165, 1.54) is 36.8 Å². The highest BCUT2D eigenvalue weighted by atomic mass is 35.5. The van der Waals surface area contributed by atoms with Crippen molar-refractivity contribution in [1.82, 2.24) is 10.2 Å². The van der Waals surface area contributed by atoms with E-state index in [9.17, 15) is 4.79 Å². The Morgan fingerprint density at radius 1 is 1.04 bits per heavy atom. The van der Waals surface area contributed by atoms with Crippen molar-refractivity contribution in [3.63, 3.8) is 0 Å². The summed E-state index contributed by atoms with van der Waals surface area (Å²) in [5.41, 5.74) is 3.05. The molecule has 1 saturated heterocycles. The van der Waals surface area contributed by atoms with Crippen LogP contribution in [0.1, 0.15) is 53.2 Å². The van der Waals surface area contributed by atoms with Gasteiger partial charge in [-0.2, -0.15) is 0 Å². The summed E-state index contributed by atoms with van der Waals surface area (Å²) in [7, 11) is 0. The van der Waals surface area contributed by atoms with Crippen molar-refractivity contribution in [2.45, 2.75) is 38.6 Å². The van der Waals surface area contributed by atoms with Gasteiger partial charge in [0.15, 0.2) is 0 Å². The molecule has 1 aliphatic rings. The van der Waals surface area contributed by atoms with E-state index in [2.05, 4.69) is 41.4 Å². The van der Waals surface area contributed by atoms with Gasteiger partial charge in [-0.15, -0.1) is 0 Å². The number of rotatable bonds is 5. The zero-order chi connectivity index (χ0) is 18.4. The topological polar surface area (TPSA) is 32.3 Å². The van der Waals surface area contributed by atoms with Crippen LogP contribution in [0.15, 0.2) is 48.5 Å². The Balaban J connectivity index is 1.75. The van der Waals surface area contributed by atoms with Crippen LogP contribution in [0.5, 0.6) is 0 Å². The summed E-state index contributed by atoms with van der Waals surface area (Å²) in [5.74, 6) is -0.109. The smallest absolute Gasteiger partial charge is 0.252 e. The summed E-state index contributed by atoms with van der Waals surface area (Å²) in [6, 6.07) is 16.1. The molecule has 2 aromatic carbocycles. The van der Waals surface area contributed by atoms with E-state index >= 15 is 0 Å². The number of nitrogens with one attached hydrogen (secondary N) is 1. The molecular formula is C22H27ClN2O. The Hall–Kier alpha value is -1.84. The molecule has 1 aliphatic heterocycles. The van der Waals surface area contributed by atoms with Gasteiger partial charge < -0.3 is 5.32 Å². The Labute approximate surface area is 161 Å². The maximum Gasteiger partial charge on any atom is 0.252 e. The third kappa shape index (κ3) is 4.87. The maximum absolute atomic E-state index is 12.6. The van der Waals surface area contributed by atoms with Gasteiger partial charge >= 0.3 is 0 Å². The molecule has 0 aliphatic carbocycles. The van der Waals surface area contributed by atoms with Crippen molar-refractivity contribution in [2.75, 3.05) is 19.6 Å². The van der Waals surface area contributed by atoms with E-state index in [1.807, 2.05) is 12.1 Å². The van der Waals surface area contributed by atoms with Gasteiger partial charge in [0.2, 0.25) is 0 Å². The predicted molar refractivity (Wildman–Crippen MR) is 108 cm³/mol. The molecule has 1 atom stereocenters. The number of hydrogen-bond donors (Lipinski definition) is 1. The summed E-state index contributed by atoms with van der Waals surface area (Å²) in [6.45, 7) is 4.86. The largest absolute Gasteiger partial charge is 0.350 e. The molecule has 26 heavy (non-hydrogen) atoms. The van der Waals surface area contributed by atoms with Crippen molar-refractivity contribution < 1.29 is 4.79 Å². The highest BCUT2D eigenvalue weighted by molar-refractivity contribution is 6.33. The molecule has 3 rings (SSSR count). The lowest BCUT2D eigenvalue weighted by atomic mass is 10.0. The minimum atomic E-state index is -0.109. The number of carbonyl (C=O) groups is 1. The average molecular weight is 371 g/mol. The number of hydrogen-bond acceptors (Lipinski definition) is 2. The van der Waals surface area contributed by atoms with E-state index in [1.54, 1.807) is 12.1 Å². The van der Waals surface area contributed by atoms with Gasteiger partial charge in [0, 0.05) is 6.54 Å². The lowest BCUT2D eigenvalue weighted by Crippen LogP contribution is -2.38. The molecule has 0 radical (unpaired) electrons. The molecule has 0 unspecified atom stereocenters. The summed E-state index contributed by atoms with van der Waals surface area (Å²) < 4.78 is 0. The molecule has 138 valence electrons. The first-order chi connectivity index (χ1) is 12.6. The van der Waals surface area contributed by atoms with Crippen LogP contribution in [0.3, 0.4) is 0 Å². The number of halogens is 1. The molecule has 1 amide bonds. The zero-order valence-corrected chi connectivity index (χ0v) is 16.1. The van der Waals surface area contributed by atoms with E-state index in [4.69, 9.17) is 11.6 Å². The van der Waals surface area contributed by atoms with Gasteiger partial charge in [0.1, 0.15) is 0 Å². The van der Waals surface area contributed by atoms with Crippen LogP contribution in [0.4, 0.5) is 0 Å². The molecule has 0 spiro atoms. The molecule has 0 aromatic heterocycles. The number of nitrogens with zero attached hydrogens (tertiary/aromatic N) is 1. The minimum Gasteiger partial charge on any atom is -0.350 e. The SMILES string of the molecule is Cc1ccc([C@@H](CNC(=O)c2ccccc2Cl)N2CCCCCC2)cc1. The van der Waals surface area contributed by atoms with Gasteiger partial charge in [0.25, 0.3) is 5.91 Å². The Kier molecular flexibility index (Phi) is 6.70. The fraction of sp³-hybridized carbons (Fsp3) is 0.409. The predicted octanol–water partition coefficient (Wildman–Crippen LogP) is 5.00. The molecule has 4 heteroatoms. The fourth-order valence-corrected chi connectivity index (χ4v) is 3.80. The molecule has 3 nitrogen and oxygen atoms in total. The number of aryl methyl sites for hydroxylation is 1. The van der Waals surface area contributed by atoms with E-state index in [0.29, 0.717) is 17.1 Å². The molecule has 1 heterocycles. The van der Waals surface area contributed by atoms with Gasteiger partial charge in [-0.05, 0) is 50.6 Å².